The molecule has 0 unspecified atom stereocenters. The van der Waals surface area contributed by atoms with Gasteiger partial charge in [0.2, 0.25) is 0 Å². The molecule has 0 heterocycles. The SMILES string of the molecule is Cc1cc([N+](=O)[O-])cc(C(C)C)c1N=C=S. The van der Waals surface area contributed by atoms with Gasteiger partial charge in [0.25, 0.3) is 5.69 Å². The Hall–Kier alpha value is -1.58. The second kappa shape index (κ2) is 4.96. The van der Waals surface area contributed by atoms with Crippen LogP contribution in [0.15, 0.2) is 17.1 Å². The summed E-state index contributed by atoms with van der Waals surface area (Å²) < 4.78 is 0. The summed E-state index contributed by atoms with van der Waals surface area (Å²) >= 11 is 4.57. The van der Waals surface area contributed by atoms with Crippen LogP contribution in [0.4, 0.5) is 11.4 Å². The standard InChI is InChI=1S/C11H12N2O2S/c1-7(2)10-5-9(13(14)15)4-8(3)11(10)12-6-16/h4-5,7H,1-3H3. The van der Waals surface area contributed by atoms with Crippen molar-refractivity contribution in [3.05, 3.63) is 33.4 Å². The van der Waals surface area contributed by atoms with Gasteiger partial charge in [-0.1, -0.05) is 13.8 Å². The van der Waals surface area contributed by atoms with Crippen molar-refractivity contribution in [2.24, 2.45) is 4.99 Å². The van der Waals surface area contributed by atoms with Gasteiger partial charge >= 0.3 is 0 Å². The molecule has 0 saturated carbocycles. The second-order valence-electron chi connectivity index (χ2n) is 3.82. The lowest BCUT2D eigenvalue weighted by atomic mass is 9.97. The molecule has 0 saturated heterocycles. The fourth-order valence-electron chi connectivity index (χ4n) is 1.53. The molecule has 84 valence electrons. The zero-order chi connectivity index (χ0) is 12.3. The minimum atomic E-state index is -0.399. The van der Waals surface area contributed by atoms with Crippen molar-refractivity contribution in [3.8, 4) is 0 Å². The van der Waals surface area contributed by atoms with E-state index >= 15 is 0 Å². The van der Waals surface area contributed by atoms with E-state index < -0.39 is 4.92 Å². The zero-order valence-corrected chi connectivity index (χ0v) is 10.2. The molecule has 0 aliphatic rings. The minimum Gasteiger partial charge on any atom is -0.258 e. The van der Waals surface area contributed by atoms with Crippen molar-refractivity contribution >= 4 is 28.8 Å². The molecule has 1 aromatic rings. The first-order valence-corrected chi connectivity index (χ1v) is 5.25. The van der Waals surface area contributed by atoms with Crippen LogP contribution in [0, 0.1) is 17.0 Å². The van der Waals surface area contributed by atoms with E-state index in [2.05, 4.69) is 22.4 Å². The van der Waals surface area contributed by atoms with E-state index in [1.54, 1.807) is 13.0 Å². The maximum Gasteiger partial charge on any atom is 0.270 e. The quantitative estimate of drug-likeness (QED) is 0.347. The number of thiocarbonyl (C=S) groups is 1. The van der Waals surface area contributed by atoms with Gasteiger partial charge in [-0.3, -0.25) is 10.1 Å². The fraction of sp³-hybridized carbons (Fsp3) is 0.364. The van der Waals surface area contributed by atoms with Crippen LogP contribution in [-0.4, -0.2) is 10.1 Å². The Balaban J connectivity index is 3.51. The normalized spacial score (nSPS) is 10.0. The molecule has 0 amide bonds. The Labute approximate surface area is 99.2 Å². The van der Waals surface area contributed by atoms with Crippen LogP contribution in [0.2, 0.25) is 0 Å². The number of benzene rings is 1. The van der Waals surface area contributed by atoms with Gasteiger partial charge in [-0.25, -0.2) is 0 Å². The lowest BCUT2D eigenvalue weighted by Crippen LogP contribution is -1.95. The predicted molar refractivity (Wildman–Crippen MR) is 66.6 cm³/mol. The molecule has 0 N–H and O–H groups in total. The average molecular weight is 236 g/mol. The molecular weight excluding hydrogens is 224 g/mol. The Bertz CT molecular complexity index is 477. The van der Waals surface area contributed by atoms with Gasteiger partial charge in [-0.05, 0) is 36.2 Å². The minimum absolute atomic E-state index is 0.0875. The summed E-state index contributed by atoms with van der Waals surface area (Å²) in [6.45, 7) is 5.70. The molecule has 0 aliphatic carbocycles. The summed E-state index contributed by atoms with van der Waals surface area (Å²) in [4.78, 5) is 14.3. The molecule has 0 fully saturated rings. The van der Waals surface area contributed by atoms with Gasteiger partial charge in [0.05, 0.1) is 15.8 Å². The number of hydrogen-bond acceptors (Lipinski definition) is 4. The van der Waals surface area contributed by atoms with Crippen molar-refractivity contribution in [1.82, 2.24) is 0 Å². The Kier molecular flexibility index (Phi) is 3.88. The Morgan fingerprint density at radius 1 is 1.50 bits per heavy atom. The van der Waals surface area contributed by atoms with Crippen molar-refractivity contribution in [2.45, 2.75) is 26.7 Å². The Morgan fingerprint density at radius 3 is 2.56 bits per heavy atom. The van der Waals surface area contributed by atoms with Gasteiger partial charge in [0.1, 0.15) is 0 Å². The number of aryl methyl sites for hydroxylation is 1. The predicted octanol–water partition coefficient (Wildman–Crippen LogP) is 3.76. The van der Waals surface area contributed by atoms with Crippen molar-refractivity contribution in [2.75, 3.05) is 0 Å². The number of aliphatic imine (C=N–C) groups is 1. The van der Waals surface area contributed by atoms with Gasteiger partial charge in [-0.2, -0.15) is 4.99 Å². The summed E-state index contributed by atoms with van der Waals surface area (Å²) in [6, 6.07) is 3.04. The van der Waals surface area contributed by atoms with Crippen LogP contribution >= 0.6 is 12.2 Å². The van der Waals surface area contributed by atoms with E-state index in [-0.39, 0.29) is 11.6 Å². The van der Waals surface area contributed by atoms with Crippen LogP contribution in [0.25, 0.3) is 0 Å². The first kappa shape index (κ1) is 12.5. The van der Waals surface area contributed by atoms with Crippen LogP contribution in [0.3, 0.4) is 0 Å². The average Bonchev–Trinajstić information content (AvgIpc) is 2.20. The maximum absolute atomic E-state index is 10.7. The van der Waals surface area contributed by atoms with Gasteiger partial charge in [0.15, 0.2) is 0 Å². The molecule has 1 aromatic carbocycles. The largest absolute Gasteiger partial charge is 0.270 e. The van der Waals surface area contributed by atoms with Crippen LogP contribution in [0.5, 0.6) is 0 Å². The smallest absolute Gasteiger partial charge is 0.258 e. The van der Waals surface area contributed by atoms with Crippen molar-refractivity contribution in [1.29, 1.82) is 0 Å². The van der Waals surface area contributed by atoms with E-state index in [1.165, 1.54) is 6.07 Å². The molecule has 4 nitrogen and oxygen atoms in total. The molecule has 0 aromatic heterocycles. The third-order valence-corrected chi connectivity index (χ3v) is 2.40. The molecule has 0 spiro atoms. The van der Waals surface area contributed by atoms with E-state index in [9.17, 15) is 10.1 Å². The Morgan fingerprint density at radius 2 is 2.12 bits per heavy atom. The van der Waals surface area contributed by atoms with Crippen LogP contribution in [0.1, 0.15) is 30.9 Å². The number of nitro groups is 1. The summed E-state index contributed by atoms with van der Waals surface area (Å²) in [6.07, 6.45) is 0. The number of hydrogen-bond donors (Lipinski definition) is 0. The highest BCUT2D eigenvalue weighted by atomic mass is 32.1. The molecule has 1 rings (SSSR count). The lowest BCUT2D eigenvalue weighted by Gasteiger charge is -2.10. The molecule has 0 atom stereocenters. The molecule has 0 aliphatic heterocycles. The highest BCUT2D eigenvalue weighted by molar-refractivity contribution is 7.78. The number of non-ortho nitro benzene ring substituents is 1. The van der Waals surface area contributed by atoms with Gasteiger partial charge < -0.3 is 0 Å². The highest BCUT2D eigenvalue weighted by Crippen LogP contribution is 2.33. The number of isothiocyanates is 1. The molecule has 0 radical (unpaired) electrons. The summed E-state index contributed by atoms with van der Waals surface area (Å²) in [5.74, 6) is 0.153. The number of rotatable bonds is 3. The molecule has 5 heteroatoms. The van der Waals surface area contributed by atoms with Gasteiger partial charge in [-0.15, -0.1) is 0 Å². The lowest BCUT2D eigenvalue weighted by molar-refractivity contribution is -0.385. The maximum atomic E-state index is 10.7. The number of nitro benzene ring substituents is 1. The van der Waals surface area contributed by atoms with Crippen LogP contribution < -0.4 is 0 Å². The van der Waals surface area contributed by atoms with E-state index in [1.807, 2.05) is 13.8 Å². The van der Waals surface area contributed by atoms with Crippen molar-refractivity contribution in [3.63, 3.8) is 0 Å². The van der Waals surface area contributed by atoms with Crippen LogP contribution in [-0.2, 0) is 0 Å². The summed E-state index contributed by atoms with van der Waals surface area (Å²) in [5.41, 5.74) is 2.35. The van der Waals surface area contributed by atoms with E-state index in [0.29, 0.717) is 5.69 Å². The highest BCUT2D eigenvalue weighted by Gasteiger charge is 2.15. The topological polar surface area (TPSA) is 55.5 Å². The molecule has 0 bridgehead atoms. The summed E-state index contributed by atoms with van der Waals surface area (Å²) in [5, 5.41) is 13.0. The first-order valence-electron chi connectivity index (χ1n) is 4.84. The monoisotopic (exact) mass is 236 g/mol. The van der Waals surface area contributed by atoms with E-state index in [4.69, 9.17) is 0 Å². The second-order valence-corrected chi connectivity index (χ2v) is 4.00. The number of nitrogens with zero attached hydrogens (tertiary/aromatic N) is 2. The van der Waals surface area contributed by atoms with E-state index in [0.717, 1.165) is 11.1 Å². The summed E-state index contributed by atoms with van der Waals surface area (Å²) in [7, 11) is 0. The third-order valence-electron chi connectivity index (χ3n) is 2.31. The van der Waals surface area contributed by atoms with Crippen molar-refractivity contribution < 1.29 is 4.92 Å². The molecular formula is C11H12N2O2S. The fourth-order valence-corrected chi connectivity index (χ4v) is 1.62. The molecule has 16 heavy (non-hydrogen) atoms. The zero-order valence-electron chi connectivity index (χ0n) is 9.35. The third kappa shape index (κ3) is 2.51. The first-order chi connectivity index (χ1) is 7.47. The van der Waals surface area contributed by atoms with Gasteiger partial charge in [0, 0.05) is 12.1 Å².